The number of nitrogens with zero attached hydrogens (tertiary/aromatic N) is 1. The first-order valence-electron chi connectivity index (χ1n) is 14.1. The van der Waals surface area contributed by atoms with Crippen molar-refractivity contribution in [3.8, 4) is 0 Å². The summed E-state index contributed by atoms with van der Waals surface area (Å²) in [6.07, 6.45) is 2.64. The number of carbonyl (C=O) groups excluding carboxylic acids is 1. The Morgan fingerprint density at radius 3 is 1.49 bits per heavy atom. The molecule has 12 heteroatoms. The molecule has 0 spiro atoms. The van der Waals surface area contributed by atoms with Crippen LogP contribution in [0.4, 0.5) is 4.79 Å². The van der Waals surface area contributed by atoms with Gasteiger partial charge in [0.15, 0.2) is 0 Å². The van der Waals surface area contributed by atoms with E-state index in [0.717, 1.165) is 48.2 Å². The van der Waals surface area contributed by atoms with E-state index in [0.29, 0.717) is 6.54 Å². The van der Waals surface area contributed by atoms with Crippen LogP contribution in [0.5, 0.6) is 0 Å². The van der Waals surface area contributed by atoms with Gasteiger partial charge in [0.2, 0.25) is 0 Å². The van der Waals surface area contributed by atoms with E-state index in [4.69, 9.17) is 64.4 Å². The molecule has 0 radical (unpaired) electrons. The second kappa shape index (κ2) is 20.7. The van der Waals surface area contributed by atoms with Gasteiger partial charge in [-0.1, -0.05) is 0 Å². The van der Waals surface area contributed by atoms with Crippen LogP contribution in [0, 0.1) is 0 Å². The summed E-state index contributed by atoms with van der Waals surface area (Å²) in [5, 5.41) is 26.3. The van der Waals surface area contributed by atoms with Gasteiger partial charge in [-0.15, -0.1) is 0 Å². The van der Waals surface area contributed by atoms with Crippen LogP contribution in [0.15, 0.2) is 72.8 Å². The summed E-state index contributed by atoms with van der Waals surface area (Å²) in [7, 11) is 0. The molecule has 3 aromatic rings. The number of aliphatic hydroxyl groups excluding tert-OH is 1. The molecule has 1 aliphatic rings. The number of carbonyl (C=O) groups is 3. The monoisotopic (exact) mass is 877 g/mol. The van der Waals surface area contributed by atoms with Gasteiger partial charge in [0, 0.05) is 20.4 Å². The first-order chi connectivity index (χ1) is 21.0. The van der Waals surface area contributed by atoms with Crippen LogP contribution in [0.3, 0.4) is 0 Å². The number of amides is 1. The molecule has 1 heterocycles. The Balaban J connectivity index is 0.000000380. The molecule has 1 fully saturated rings. The summed E-state index contributed by atoms with van der Waals surface area (Å²) in [5.74, 6) is -1.67. The predicted molar refractivity (Wildman–Crippen MR) is 183 cm³/mol. The summed E-state index contributed by atoms with van der Waals surface area (Å²) in [4.78, 5) is 31.4. The molecule has 246 valence electrons. The van der Waals surface area contributed by atoms with Crippen molar-refractivity contribution < 1.29 is 34.4 Å². The van der Waals surface area contributed by atoms with E-state index < -0.39 is 39.3 Å². The molecule has 4 rings (SSSR count). The number of carboxylic acid groups (broad SMARTS) is 2. The van der Waals surface area contributed by atoms with Crippen molar-refractivity contribution in [3.63, 3.8) is 0 Å². The van der Waals surface area contributed by atoms with Crippen LogP contribution in [-0.2, 0) is 14.3 Å². The molecular formula is C33H41BiCl3NO7. The van der Waals surface area contributed by atoms with E-state index in [9.17, 15) is 4.79 Å². The Kier molecular flexibility index (Phi) is 18.6. The molecule has 0 aromatic heterocycles. The first-order valence-corrected chi connectivity index (χ1v) is 20.4. The second-order valence-electron chi connectivity index (χ2n) is 10.8. The second-order valence-corrected chi connectivity index (χ2v) is 20.8. The van der Waals surface area contributed by atoms with Gasteiger partial charge < -0.3 is 25.0 Å². The molecule has 1 aliphatic heterocycles. The summed E-state index contributed by atoms with van der Waals surface area (Å²) in [6, 6.07) is 24.4. The molecule has 1 atom stereocenters. The van der Waals surface area contributed by atoms with Gasteiger partial charge in [-0.2, -0.15) is 0 Å². The zero-order valence-corrected chi connectivity index (χ0v) is 31.8. The van der Waals surface area contributed by atoms with Crippen LogP contribution < -0.4 is 9.81 Å². The van der Waals surface area contributed by atoms with Crippen molar-refractivity contribution in [2.75, 3.05) is 13.2 Å². The quantitative estimate of drug-likeness (QED) is 0.271. The summed E-state index contributed by atoms with van der Waals surface area (Å²) in [6.45, 7) is 8.44. The van der Waals surface area contributed by atoms with E-state index in [1.807, 2.05) is 57.2 Å². The maximum absolute atomic E-state index is 11.8. The number of likely N-dealkylation sites (tertiary alicyclic amines) is 1. The Morgan fingerprint density at radius 2 is 1.18 bits per heavy atom. The van der Waals surface area contributed by atoms with E-state index in [-0.39, 0.29) is 18.7 Å². The molecule has 3 N–H and O–H groups in total. The number of aliphatic hydroxyl groups is 1. The Labute approximate surface area is 288 Å². The molecule has 1 unspecified atom stereocenters. The van der Waals surface area contributed by atoms with Gasteiger partial charge in [0.25, 0.3) is 11.9 Å². The van der Waals surface area contributed by atoms with Crippen LogP contribution in [0.25, 0.3) is 0 Å². The van der Waals surface area contributed by atoms with Gasteiger partial charge in [-0.25, -0.2) is 4.79 Å². The van der Waals surface area contributed by atoms with E-state index in [2.05, 4.69) is 36.4 Å². The third kappa shape index (κ3) is 17.2. The third-order valence-corrected chi connectivity index (χ3v) is 15.6. The number of rotatable bonds is 4. The van der Waals surface area contributed by atoms with E-state index in [1.165, 1.54) is 9.81 Å². The summed E-state index contributed by atoms with van der Waals surface area (Å²) < 4.78 is 9.22. The average Bonchev–Trinajstić information content (AvgIpc) is 2.92. The number of piperidine rings is 1. The fraction of sp³-hybridized carbons (Fsp3) is 0.364. The van der Waals surface area contributed by atoms with Crippen LogP contribution in [0.2, 0.25) is 15.1 Å². The molecule has 0 saturated carbocycles. The van der Waals surface area contributed by atoms with Crippen molar-refractivity contribution in [2.24, 2.45) is 0 Å². The number of benzene rings is 3. The zero-order chi connectivity index (χ0) is 34.2. The molecule has 8 nitrogen and oxygen atoms in total. The maximum atomic E-state index is 11.8. The van der Waals surface area contributed by atoms with Crippen molar-refractivity contribution in [2.45, 2.75) is 65.5 Å². The number of carboxylic acids is 2. The standard InChI is InChI=1S/C11H21NO3.3C6H4Cl.2C2H4O2.Bi/c1-11(2,3)15-10(14)12-7-5-4-6-9(12)8-13;3*7-6-4-2-1-3-5-6;2*1-2(3)4;/h9,13H,4-8H2,1-3H3;3*1-2,4-5H;2*1H3,(H,3,4);. The van der Waals surface area contributed by atoms with Crippen LogP contribution in [-0.4, -0.2) is 84.8 Å². The minimum atomic E-state index is -2.43. The molecule has 45 heavy (non-hydrogen) atoms. The zero-order valence-electron chi connectivity index (χ0n) is 26.0. The number of hydrogen-bond acceptors (Lipinski definition) is 5. The SMILES string of the molecule is CC(=O)O.CC(=O)O.CC(C)(C)OC(=O)N1CCCCC1CO.Clc1ccc[c]([Bi]([c]2cccc(Cl)c2)[c]2cccc(Cl)c2)c1. The van der Waals surface area contributed by atoms with Gasteiger partial charge in [0.1, 0.15) is 5.60 Å². The normalized spacial score (nSPS) is 14.0. The molecule has 0 aliphatic carbocycles. The number of hydrogen-bond donors (Lipinski definition) is 3. The molecule has 3 aromatic carbocycles. The van der Waals surface area contributed by atoms with Crippen molar-refractivity contribution in [1.82, 2.24) is 4.90 Å². The van der Waals surface area contributed by atoms with E-state index >= 15 is 0 Å². The molecule has 0 bridgehead atoms. The predicted octanol–water partition coefficient (Wildman–Crippen LogP) is 6.11. The van der Waals surface area contributed by atoms with Gasteiger partial charge in [-0.05, 0) is 40.0 Å². The topological polar surface area (TPSA) is 124 Å². The fourth-order valence-electron chi connectivity index (χ4n) is 4.04. The number of ether oxygens (including phenoxy) is 1. The van der Waals surface area contributed by atoms with Gasteiger partial charge in [0.05, 0.1) is 12.6 Å². The number of halogens is 3. The molecule has 1 amide bonds. The fourth-order valence-corrected chi connectivity index (χ4v) is 14.9. The first kappa shape index (κ1) is 40.6. The third-order valence-electron chi connectivity index (χ3n) is 5.67. The van der Waals surface area contributed by atoms with E-state index in [1.54, 1.807) is 4.90 Å². The van der Waals surface area contributed by atoms with Gasteiger partial charge in [-0.3, -0.25) is 9.59 Å². The van der Waals surface area contributed by atoms with Crippen molar-refractivity contribution in [1.29, 1.82) is 0 Å². The molecular weight excluding hydrogens is 838 g/mol. The van der Waals surface area contributed by atoms with Crippen LogP contribution >= 0.6 is 34.8 Å². The average molecular weight is 879 g/mol. The summed E-state index contributed by atoms with van der Waals surface area (Å²) in [5.41, 5.74) is -0.464. The van der Waals surface area contributed by atoms with Crippen molar-refractivity contribution in [3.05, 3.63) is 87.9 Å². The van der Waals surface area contributed by atoms with Crippen LogP contribution in [0.1, 0.15) is 53.9 Å². The van der Waals surface area contributed by atoms with Crippen molar-refractivity contribution >= 4 is 84.4 Å². The minimum absolute atomic E-state index is 0.0270. The summed E-state index contributed by atoms with van der Waals surface area (Å²) >= 11 is 16.2. The Bertz CT molecular complexity index is 1260. The number of aliphatic carboxylic acids is 2. The van der Waals surface area contributed by atoms with Gasteiger partial charge >= 0.3 is 160 Å². The Morgan fingerprint density at radius 1 is 0.800 bits per heavy atom. The molecule has 1 saturated heterocycles. The Hall–Kier alpha value is -2.42.